The van der Waals surface area contributed by atoms with Crippen molar-refractivity contribution < 1.29 is 19.7 Å². The van der Waals surface area contributed by atoms with Crippen molar-refractivity contribution in [3.63, 3.8) is 0 Å². The Hall–Kier alpha value is -2.01. The molecule has 2 aromatic rings. The predicted molar refractivity (Wildman–Crippen MR) is 89.3 cm³/mol. The number of hydrogen-bond donors (Lipinski definition) is 4. The van der Waals surface area contributed by atoms with Crippen molar-refractivity contribution in [1.82, 2.24) is 19.5 Å². The number of anilines is 1. The van der Waals surface area contributed by atoms with Gasteiger partial charge in [0.05, 0.1) is 12.9 Å². The molecule has 138 valence electrons. The van der Waals surface area contributed by atoms with Crippen LogP contribution in [0.1, 0.15) is 20.1 Å². The minimum absolute atomic E-state index is 0.162. The Kier molecular flexibility index (Phi) is 5.04. The van der Waals surface area contributed by atoms with E-state index in [1.165, 1.54) is 18.0 Å². The molecule has 3 rings (SSSR count). The van der Waals surface area contributed by atoms with E-state index in [9.17, 15) is 15.0 Å². The molecule has 10 heteroatoms. The molecule has 1 fully saturated rings. The maximum absolute atomic E-state index is 12.2. The number of hydrogen-bond acceptors (Lipinski definition) is 8. The van der Waals surface area contributed by atoms with Crippen molar-refractivity contribution in [2.24, 2.45) is 5.92 Å². The normalized spacial score (nSPS) is 26.6. The van der Waals surface area contributed by atoms with E-state index in [-0.39, 0.29) is 17.7 Å². The number of nitrogens with zero attached hydrogens (tertiary/aromatic N) is 3. The van der Waals surface area contributed by atoms with Gasteiger partial charge in [-0.25, -0.2) is 4.98 Å². The summed E-state index contributed by atoms with van der Waals surface area (Å²) in [6, 6.07) is 0. The minimum Gasteiger partial charge on any atom is -0.394 e. The second kappa shape index (κ2) is 7.08. The molecule has 0 bridgehead atoms. The molecule has 1 aliphatic rings. The molecule has 0 radical (unpaired) electrons. The van der Waals surface area contributed by atoms with E-state index in [4.69, 9.17) is 9.47 Å². The Labute approximate surface area is 143 Å². The number of aromatic amines is 1. The number of methoxy groups -OCH3 is 1. The van der Waals surface area contributed by atoms with Gasteiger partial charge >= 0.3 is 0 Å². The van der Waals surface area contributed by atoms with Gasteiger partial charge in [-0.2, -0.15) is 4.98 Å². The monoisotopic (exact) mass is 353 g/mol. The lowest BCUT2D eigenvalue weighted by Gasteiger charge is -2.20. The number of H-pyrrole nitrogens is 1. The number of aliphatic hydroxyl groups excluding tert-OH is 2. The summed E-state index contributed by atoms with van der Waals surface area (Å²) >= 11 is 0. The molecule has 0 aliphatic carbocycles. The first-order valence-electron chi connectivity index (χ1n) is 8.14. The summed E-state index contributed by atoms with van der Waals surface area (Å²) in [5, 5.41) is 22.6. The number of fused-ring (bicyclic) bond motifs is 1. The Bertz CT molecular complexity index is 788. The van der Waals surface area contributed by atoms with Crippen LogP contribution in [0.25, 0.3) is 11.2 Å². The number of aromatic nitrogens is 4. The first-order chi connectivity index (χ1) is 12.0. The Morgan fingerprint density at radius 3 is 2.92 bits per heavy atom. The highest BCUT2D eigenvalue weighted by Gasteiger charge is 2.45. The Morgan fingerprint density at radius 1 is 1.52 bits per heavy atom. The van der Waals surface area contributed by atoms with Crippen molar-refractivity contribution >= 4 is 17.1 Å². The maximum Gasteiger partial charge on any atom is 0.280 e. The summed E-state index contributed by atoms with van der Waals surface area (Å²) in [7, 11) is 1.44. The summed E-state index contributed by atoms with van der Waals surface area (Å²) in [4.78, 5) is 23.4. The van der Waals surface area contributed by atoms with Crippen molar-refractivity contribution in [2.45, 2.75) is 38.4 Å². The molecule has 0 saturated carbocycles. The van der Waals surface area contributed by atoms with E-state index in [0.717, 1.165) is 0 Å². The number of ether oxygens (including phenoxy) is 2. The highest BCUT2D eigenvalue weighted by molar-refractivity contribution is 5.71. The van der Waals surface area contributed by atoms with Crippen molar-refractivity contribution in [2.75, 3.05) is 25.6 Å². The molecule has 10 nitrogen and oxygen atoms in total. The molecule has 0 amide bonds. The molecule has 2 aromatic heterocycles. The highest BCUT2D eigenvalue weighted by Crippen LogP contribution is 2.32. The third kappa shape index (κ3) is 3.25. The van der Waals surface area contributed by atoms with Crippen molar-refractivity contribution in [3.05, 3.63) is 16.7 Å². The number of rotatable bonds is 6. The van der Waals surface area contributed by atoms with Gasteiger partial charge in [0.1, 0.15) is 18.3 Å². The number of imidazole rings is 1. The SMILES string of the molecule is COC1C(O)[C@@H](CO)O[C@H]1n1cnc2c(=O)[nH]c(NCC(C)C)nc21. The van der Waals surface area contributed by atoms with Crippen LogP contribution in [0.15, 0.2) is 11.1 Å². The molecule has 0 spiro atoms. The van der Waals surface area contributed by atoms with Crippen LogP contribution in [0.5, 0.6) is 0 Å². The summed E-state index contributed by atoms with van der Waals surface area (Å²) in [5.74, 6) is 0.710. The molecule has 1 saturated heterocycles. The minimum atomic E-state index is -1.00. The van der Waals surface area contributed by atoms with Crippen LogP contribution in [-0.4, -0.2) is 68.3 Å². The van der Waals surface area contributed by atoms with Gasteiger partial charge in [0.25, 0.3) is 5.56 Å². The zero-order valence-electron chi connectivity index (χ0n) is 14.3. The summed E-state index contributed by atoms with van der Waals surface area (Å²) < 4.78 is 12.5. The van der Waals surface area contributed by atoms with E-state index in [1.54, 1.807) is 0 Å². The third-order valence-electron chi connectivity index (χ3n) is 4.15. The second-order valence-electron chi connectivity index (χ2n) is 6.45. The Balaban J connectivity index is 2.00. The van der Waals surface area contributed by atoms with Gasteiger partial charge in [0.2, 0.25) is 5.95 Å². The smallest absolute Gasteiger partial charge is 0.280 e. The Morgan fingerprint density at radius 2 is 2.28 bits per heavy atom. The first kappa shape index (κ1) is 17.8. The molecule has 2 unspecified atom stereocenters. The first-order valence-corrected chi connectivity index (χ1v) is 8.14. The summed E-state index contributed by atoms with van der Waals surface area (Å²) in [5.41, 5.74) is 0.101. The second-order valence-corrected chi connectivity index (χ2v) is 6.45. The molecule has 4 N–H and O–H groups in total. The van der Waals surface area contributed by atoms with Crippen LogP contribution in [0.3, 0.4) is 0 Å². The average Bonchev–Trinajstić information content (AvgIpc) is 3.13. The highest BCUT2D eigenvalue weighted by atomic mass is 16.6. The number of aliphatic hydroxyl groups is 2. The van der Waals surface area contributed by atoms with Gasteiger partial charge in [0, 0.05) is 13.7 Å². The summed E-state index contributed by atoms with van der Waals surface area (Å²) in [6.45, 7) is 4.38. The van der Waals surface area contributed by atoms with Crippen LogP contribution in [0.2, 0.25) is 0 Å². The molecular formula is C15H23N5O5. The fourth-order valence-corrected chi connectivity index (χ4v) is 2.84. The van der Waals surface area contributed by atoms with Crippen LogP contribution in [-0.2, 0) is 9.47 Å². The predicted octanol–water partition coefficient (Wildman–Crippen LogP) is -0.547. The van der Waals surface area contributed by atoms with Gasteiger partial charge in [-0.3, -0.25) is 14.3 Å². The quantitative estimate of drug-likeness (QED) is 0.543. The lowest BCUT2D eigenvalue weighted by Crippen LogP contribution is -2.34. The molecular weight excluding hydrogens is 330 g/mol. The molecule has 4 atom stereocenters. The van der Waals surface area contributed by atoms with Crippen LogP contribution >= 0.6 is 0 Å². The number of nitrogens with one attached hydrogen (secondary N) is 2. The topological polar surface area (TPSA) is 135 Å². The van der Waals surface area contributed by atoms with Gasteiger partial charge in [0.15, 0.2) is 17.4 Å². The van der Waals surface area contributed by atoms with Crippen molar-refractivity contribution in [1.29, 1.82) is 0 Å². The fourth-order valence-electron chi connectivity index (χ4n) is 2.84. The van der Waals surface area contributed by atoms with Crippen LogP contribution in [0.4, 0.5) is 5.95 Å². The third-order valence-corrected chi connectivity index (χ3v) is 4.15. The molecule has 3 heterocycles. The zero-order chi connectivity index (χ0) is 18.1. The standard InChI is InChI=1S/C15H23N5O5/c1-7(2)4-16-15-18-12-9(13(23)19-15)17-6-20(12)14-11(24-3)10(22)8(5-21)25-14/h6-8,10-11,14,21-22H,4-5H2,1-3H3,(H2,16,18,19,23)/t8-,10?,11?,14-/m1/s1. The van der Waals surface area contributed by atoms with Crippen LogP contribution < -0.4 is 10.9 Å². The maximum atomic E-state index is 12.2. The summed E-state index contributed by atoms with van der Waals surface area (Å²) in [6.07, 6.45) is -1.84. The van der Waals surface area contributed by atoms with Crippen LogP contribution in [0, 0.1) is 5.92 Å². The van der Waals surface area contributed by atoms with E-state index in [1.807, 2.05) is 13.8 Å². The molecule has 0 aromatic carbocycles. The molecule has 1 aliphatic heterocycles. The van der Waals surface area contributed by atoms with Gasteiger partial charge < -0.3 is 25.0 Å². The molecule has 25 heavy (non-hydrogen) atoms. The van der Waals surface area contributed by atoms with E-state index >= 15 is 0 Å². The van der Waals surface area contributed by atoms with E-state index in [0.29, 0.717) is 24.1 Å². The lowest BCUT2D eigenvalue weighted by atomic mass is 10.1. The zero-order valence-corrected chi connectivity index (χ0v) is 14.3. The fraction of sp³-hybridized carbons (Fsp3) is 0.667. The van der Waals surface area contributed by atoms with Gasteiger partial charge in [-0.05, 0) is 5.92 Å². The van der Waals surface area contributed by atoms with Gasteiger partial charge in [-0.1, -0.05) is 13.8 Å². The van der Waals surface area contributed by atoms with E-state index in [2.05, 4.69) is 20.3 Å². The lowest BCUT2D eigenvalue weighted by molar-refractivity contribution is -0.0583. The van der Waals surface area contributed by atoms with Gasteiger partial charge in [-0.15, -0.1) is 0 Å². The van der Waals surface area contributed by atoms with Crippen molar-refractivity contribution in [3.8, 4) is 0 Å². The average molecular weight is 353 g/mol. The van der Waals surface area contributed by atoms with E-state index < -0.39 is 24.5 Å². The largest absolute Gasteiger partial charge is 0.394 e.